The Balaban J connectivity index is 0.000000234. The number of benzene rings is 6. The van der Waals surface area contributed by atoms with E-state index in [2.05, 4.69) is 12.1 Å². The molecule has 6 aromatic carbocycles. The van der Waals surface area contributed by atoms with Gasteiger partial charge in [0, 0.05) is 47.1 Å². The smallest absolute Gasteiger partial charge is 0.870 e. The van der Waals surface area contributed by atoms with Crippen LogP contribution in [0.3, 0.4) is 0 Å². The van der Waals surface area contributed by atoms with Crippen LogP contribution in [0, 0.1) is 0 Å². The molecule has 0 unspecified atom stereocenters. The first-order chi connectivity index (χ1) is 30.1. The number of para-hydroxylation sites is 2. The minimum absolute atomic E-state index is 0. The van der Waals surface area contributed by atoms with Crippen molar-refractivity contribution in [1.82, 2.24) is 0 Å². The van der Waals surface area contributed by atoms with Crippen molar-refractivity contribution in [2.24, 2.45) is 11.5 Å². The summed E-state index contributed by atoms with van der Waals surface area (Å²) in [6.45, 7) is 3.61. The van der Waals surface area contributed by atoms with E-state index in [1.54, 1.807) is 31.2 Å². The van der Waals surface area contributed by atoms with Crippen LogP contribution in [0.25, 0.3) is 44.2 Å². The zero-order valence-corrected chi connectivity index (χ0v) is 36.8. The molecule has 0 aliphatic rings. The number of hydrogen-bond acceptors (Lipinski definition) is 10. The third-order valence-corrected chi connectivity index (χ3v) is 10.4. The van der Waals surface area contributed by atoms with Gasteiger partial charge in [0.2, 0.25) is 0 Å². The number of ether oxygens (including phenoxy) is 3. The number of carbonyl (C=O) groups is 2. The second-order valence-electron chi connectivity index (χ2n) is 14.4. The Hall–Kier alpha value is -6.00. The molecule has 2 heterocycles. The topological polar surface area (TPSA) is 190 Å². The molecule has 6 N–H and O–H groups in total. The monoisotopic (exact) mass is 894 g/mol. The average Bonchev–Trinajstić information content (AvgIpc) is 3.85. The van der Waals surface area contributed by atoms with E-state index < -0.39 is 5.97 Å². The molecule has 0 amide bonds. The maximum atomic E-state index is 11.9. The van der Waals surface area contributed by atoms with E-state index in [1.807, 2.05) is 97.1 Å². The second kappa shape index (κ2) is 23.1. The van der Waals surface area contributed by atoms with E-state index >= 15 is 0 Å². The summed E-state index contributed by atoms with van der Waals surface area (Å²) >= 11 is 12.3. The Morgan fingerprint density at radius 3 is 1.48 bits per heavy atom. The first-order valence-electron chi connectivity index (χ1n) is 19.9. The molecule has 0 radical (unpaired) electrons. The standard InChI is InChI=1S/C26H24ClNO4.C24H20ClNO4.Li.H2O/c1-2-30-26(29)13-20-7-3-4-9-23(20)31-16-18-11-21(19-8-5-6-17(10-19)15-28)22-14-25(27)32-24(22)12-18;25-23-12-20-19(17-6-3-4-15(8-17)13-26)9-16(10-22(20)30-23)14-29-21-7-2-1-5-18(21)11-24(27)28;;/h3-12,14H,2,13,15-16,28H2,1H3;1-10,12H,11,13-14,26H2,(H,27,28);;1H2/q;;+1;/p-1. The van der Waals surface area contributed by atoms with Gasteiger partial charge in [-0.15, -0.1) is 0 Å². The molecule has 8 rings (SSSR count). The fourth-order valence-electron chi connectivity index (χ4n) is 7.14. The number of carboxylic acids is 1. The van der Waals surface area contributed by atoms with Gasteiger partial charge in [0.05, 0.1) is 19.4 Å². The van der Waals surface area contributed by atoms with Gasteiger partial charge < -0.3 is 45.1 Å². The maximum absolute atomic E-state index is 11.9. The third-order valence-electron chi connectivity index (χ3n) is 10.00. The quantitative estimate of drug-likeness (QED) is 0.0665. The largest absolute Gasteiger partial charge is 1.00 e. The molecule has 0 aliphatic heterocycles. The average molecular weight is 896 g/mol. The minimum Gasteiger partial charge on any atom is -0.870 e. The van der Waals surface area contributed by atoms with Crippen LogP contribution in [-0.4, -0.2) is 29.1 Å². The van der Waals surface area contributed by atoms with Crippen molar-refractivity contribution < 1.29 is 62.1 Å². The van der Waals surface area contributed by atoms with Crippen LogP contribution >= 0.6 is 23.2 Å². The van der Waals surface area contributed by atoms with Gasteiger partial charge in [-0.05, 0) is 123 Å². The Labute approximate surface area is 392 Å². The van der Waals surface area contributed by atoms with E-state index in [4.69, 9.17) is 62.8 Å². The Bertz CT molecular complexity index is 2860. The number of nitrogens with two attached hydrogens (primary N) is 2. The number of hydrogen-bond donors (Lipinski definition) is 3. The molecule has 324 valence electrons. The van der Waals surface area contributed by atoms with Crippen molar-refractivity contribution in [2.75, 3.05) is 6.61 Å². The van der Waals surface area contributed by atoms with Gasteiger partial charge in [0.15, 0.2) is 10.4 Å². The number of furan rings is 2. The molecule has 2 aromatic heterocycles. The first kappa shape index (κ1) is 49.0. The molecule has 0 saturated heterocycles. The number of esters is 1. The molecule has 0 fully saturated rings. The summed E-state index contributed by atoms with van der Waals surface area (Å²) in [6, 6.07) is 42.2. The second-order valence-corrected chi connectivity index (χ2v) is 15.1. The van der Waals surface area contributed by atoms with Gasteiger partial charge in [-0.1, -0.05) is 72.8 Å². The molecular weight excluding hydrogens is 850 g/mol. The SMILES string of the molecule is CCOC(=O)Cc1ccccc1OCc1cc(-c2cccc(CN)c2)c2cc(Cl)oc2c1.NCc1cccc(-c2cc(COc3ccccc3CC(=O)O)cc3oc(Cl)cc23)c1.[Li+].[OH-]. The summed E-state index contributed by atoms with van der Waals surface area (Å²) in [4.78, 5) is 23.0. The Morgan fingerprint density at radius 1 is 0.594 bits per heavy atom. The molecular formula is C50H45Cl2LiN2O9. The van der Waals surface area contributed by atoms with Gasteiger partial charge in [0.1, 0.15) is 35.9 Å². The molecule has 11 nitrogen and oxygen atoms in total. The van der Waals surface area contributed by atoms with Crippen LogP contribution in [-0.2, 0) is 53.5 Å². The third kappa shape index (κ3) is 12.4. The van der Waals surface area contributed by atoms with Crippen molar-refractivity contribution >= 4 is 57.1 Å². The molecule has 0 saturated carbocycles. The van der Waals surface area contributed by atoms with Gasteiger partial charge in [-0.25, -0.2) is 0 Å². The van der Waals surface area contributed by atoms with Gasteiger partial charge >= 0.3 is 30.8 Å². The summed E-state index contributed by atoms with van der Waals surface area (Å²) in [5.41, 5.74) is 22.3. The van der Waals surface area contributed by atoms with Gasteiger partial charge in [-0.3, -0.25) is 9.59 Å². The summed E-state index contributed by atoms with van der Waals surface area (Å²) < 4.78 is 28.5. The zero-order valence-electron chi connectivity index (χ0n) is 35.3. The van der Waals surface area contributed by atoms with Crippen LogP contribution in [0.15, 0.2) is 142 Å². The summed E-state index contributed by atoms with van der Waals surface area (Å²) in [6.07, 6.45) is 0.0636. The molecule has 14 heteroatoms. The molecule has 8 aromatic rings. The maximum Gasteiger partial charge on any atom is 1.00 e. The van der Waals surface area contributed by atoms with E-state index in [9.17, 15) is 9.59 Å². The van der Waals surface area contributed by atoms with E-state index in [-0.39, 0.29) is 49.8 Å². The van der Waals surface area contributed by atoms with Crippen molar-refractivity contribution in [3.05, 3.63) is 177 Å². The Kier molecular flexibility index (Phi) is 17.7. The number of aliphatic carboxylic acids is 1. The number of carbonyl (C=O) groups excluding carboxylic acids is 1. The van der Waals surface area contributed by atoms with Crippen molar-refractivity contribution in [3.8, 4) is 33.8 Å². The van der Waals surface area contributed by atoms with Crippen molar-refractivity contribution in [2.45, 2.75) is 46.1 Å². The fraction of sp³-hybridized carbons (Fsp3) is 0.160. The van der Waals surface area contributed by atoms with Crippen LogP contribution < -0.4 is 39.8 Å². The van der Waals surface area contributed by atoms with Crippen LogP contribution in [0.4, 0.5) is 0 Å². The number of carboxylic acid groups (broad SMARTS) is 1. The zero-order chi connectivity index (χ0) is 43.6. The Morgan fingerprint density at radius 2 is 1.05 bits per heavy atom. The molecule has 0 bridgehead atoms. The minimum atomic E-state index is -0.903. The van der Waals surface area contributed by atoms with Crippen LogP contribution in [0.2, 0.25) is 10.4 Å². The summed E-state index contributed by atoms with van der Waals surface area (Å²) in [5.74, 6) is 0.00555. The normalized spacial score (nSPS) is 10.6. The van der Waals surface area contributed by atoms with Crippen molar-refractivity contribution in [1.29, 1.82) is 0 Å². The summed E-state index contributed by atoms with van der Waals surface area (Å²) in [7, 11) is 0. The molecule has 0 spiro atoms. The van der Waals surface area contributed by atoms with Crippen LogP contribution in [0.1, 0.15) is 40.3 Å². The van der Waals surface area contributed by atoms with Crippen LogP contribution in [0.5, 0.6) is 11.5 Å². The van der Waals surface area contributed by atoms with Gasteiger partial charge in [0.25, 0.3) is 0 Å². The number of fused-ring (bicyclic) bond motifs is 2. The summed E-state index contributed by atoms with van der Waals surface area (Å²) in [5, 5.41) is 11.6. The molecule has 0 atom stereocenters. The predicted octanol–water partition coefficient (Wildman–Crippen LogP) is 8.14. The van der Waals surface area contributed by atoms with E-state index in [0.717, 1.165) is 60.8 Å². The number of halogens is 2. The molecule has 64 heavy (non-hydrogen) atoms. The molecule has 0 aliphatic carbocycles. The van der Waals surface area contributed by atoms with Gasteiger partial charge in [-0.2, -0.15) is 0 Å². The predicted molar refractivity (Wildman–Crippen MR) is 244 cm³/mol. The first-order valence-corrected chi connectivity index (χ1v) is 20.7. The number of rotatable bonds is 15. The van der Waals surface area contributed by atoms with E-state index in [1.165, 1.54) is 0 Å². The fourth-order valence-corrected chi connectivity index (χ4v) is 7.52. The van der Waals surface area contributed by atoms with E-state index in [0.29, 0.717) is 65.0 Å². The van der Waals surface area contributed by atoms with Crippen molar-refractivity contribution in [3.63, 3.8) is 0 Å².